The molecule has 2 aliphatic rings. The molecule has 0 aromatic rings. The average molecular weight is 281 g/mol. The summed E-state index contributed by atoms with van der Waals surface area (Å²) in [5, 5.41) is 3.20. The number of nitrogens with zero attached hydrogens (tertiary/aromatic N) is 1. The number of carbonyl (C=O) groups is 2. The Balaban J connectivity index is 1.84. The van der Waals surface area contributed by atoms with E-state index < -0.39 is 0 Å². The second-order valence-electron chi connectivity index (χ2n) is 6.26. The minimum atomic E-state index is -0.307. The zero-order valence-corrected chi connectivity index (χ0v) is 12.4. The van der Waals surface area contributed by atoms with Crippen LogP contribution >= 0.6 is 0 Å². The standard InChI is InChI=1S/C15H27N3O2/c1-11(14(16)19)18-9-5-6-12(10-18)15(20)17-13-7-3-2-4-8-13/h11-13H,2-10H2,1H3,(H2,16,19)(H,17,20). The molecule has 0 bridgehead atoms. The van der Waals surface area contributed by atoms with Gasteiger partial charge in [-0.15, -0.1) is 0 Å². The van der Waals surface area contributed by atoms with Crippen molar-refractivity contribution in [1.82, 2.24) is 10.2 Å². The van der Waals surface area contributed by atoms with Gasteiger partial charge in [0.05, 0.1) is 12.0 Å². The van der Waals surface area contributed by atoms with E-state index in [1.807, 2.05) is 11.8 Å². The number of primary amides is 1. The van der Waals surface area contributed by atoms with Crippen molar-refractivity contribution in [2.45, 2.75) is 64.0 Å². The lowest BCUT2D eigenvalue weighted by molar-refractivity contribution is -0.130. The van der Waals surface area contributed by atoms with E-state index >= 15 is 0 Å². The van der Waals surface area contributed by atoms with Crippen molar-refractivity contribution in [1.29, 1.82) is 0 Å². The third-order valence-corrected chi connectivity index (χ3v) is 4.73. The molecule has 5 heteroatoms. The summed E-state index contributed by atoms with van der Waals surface area (Å²) < 4.78 is 0. The monoisotopic (exact) mass is 281 g/mol. The molecule has 1 aliphatic carbocycles. The maximum Gasteiger partial charge on any atom is 0.234 e. The molecule has 0 aromatic heterocycles. The highest BCUT2D eigenvalue weighted by Crippen LogP contribution is 2.21. The summed E-state index contributed by atoms with van der Waals surface area (Å²) in [6.45, 7) is 3.34. The number of piperidine rings is 1. The van der Waals surface area contributed by atoms with Gasteiger partial charge in [0.15, 0.2) is 0 Å². The van der Waals surface area contributed by atoms with Crippen LogP contribution in [0, 0.1) is 5.92 Å². The number of amides is 2. The molecule has 3 N–H and O–H groups in total. The van der Waals surface area contributed by atoms with Gasteiger partial charge in [0.25, 0.3) is 0 Å². The van der Waals surface area contributed by atoms with Crippen molar-refractivity contribution in [2.75, 3.05) is 13.1 Å². The maximum absolute atomic E-state index is 12.4. The van der Waals surface area contributed by atoms with Gasteiger partial charge < -0.3 is 11.1 Å². The van der Waals surface area contributed by atoms with Crippen molar-refractivity contribution in [2.24, 2.45) is 11.7 Å². The molecule has 20 heavy (non-hydrogen) atoms. The van der Waals surface area contributed by atoms with Crippen LogP contribution in [0.1, 0.15) is 51.9 Å². The van der Waals surface area contributed by atoms with Gasteiger partial charge in [-0.1, -0.05) is 19.3 Å². The molecule has 0 radical (unpaired) electrons. The van der Waals surface area contributed by atoms with Crippen LogP contribution in [0.25, 0.3) is 0 Å². The van der Waals surface area contributed by atoms with Crippen molar-refractivity contribution in [3.8, 4) is 0 Å². The molecule has 2 atom stereocenters. The fraction of sp³-hybridized carbons (Fsp3) is 0.867. The Labute approximate surface area is 121 Å². The van der Waals surface area contributed by atoms with E-state index in [9.17, 15) is 9.59 Å². The number of nitrogens with one attached hydrogen (secondary N) is 1. The molecule has 1 saturated carbocycles. The predicted octanol–water partition coefficient (Wildman–Crippen LogP) is 1.02. The molecule has 0 spiro atoms. The van der Waals surface area contributed by atoms with E-state index in [0.29, 0.717) is 12.6 Å². The third kappa shape index (κ3) is 3.95. The number of hydrogen-bond donors (Lipinski definition) is 2. The van der Waals surface area contributed by atoms with Gasteiger partial charge >= 0.3 is 0 Å². The van der Waals surface area contributed by atoms with Crippen molar-refractivity contribution in [3.63, 3.8) is 0 Å². The normalized spacial score (nSPS) is 26.9. The predicted molar refractivity (Wildman–Crippen MR) is 78.0 cm³/mol. The van der Waals surface area contributed by atoms with E-state index in [2.05, 4.69) is 5.32 Å². The highest BCUT2D eigenvalue weighted by Gasteiger charge is 2.30. The Morgan fingerprint density at radius 3 is 2.50 bits per heavy atom. The van der Waals surface area contributed by atoms with Crippen LogP contribution in [0.2, 0.25) is 0 Å². The van der Waals surface area contributed by atoms with Gasteiger partial charge in [0.2, 0.25) is 11.8 Å². The first-order valence-corrected chi connectivity index (χ1v) is 7.91. The first-order valence-electron chi connectivity index (χ1n) is 7.91. The van der Waals surface area contributed by atoms with E-state index in [1.54, 1.807) is 0 Å². The summed E-state index contributed by atoms with van der Waals surface area (Å²) in [6.07, 6.45) is 7.83. The molecule has 1 saturated heterocycles. The van der Waals surface area contributed by atoms with E-state index in [4.69, 9.17) is 5.73 Å². The number of rotatable bonds is 4. The van der Waals surface area contributed by atoms with E-state index in [1.165, 1.54) is 19.3 Å². The van der Waals surface area contributed by atoms with Crippen LogP contribution in [0.5, 0.6) is 0 Å². The lowest BCUT2D eigenvalue weighted by Gasteiger charge is -2.35. The minimum absolute atomic E-state index is 0.00692. The van der Waals surface area contributed by atoms with Crippen molar-refractivity contribution in [3.05, 3.63) is 0 Å². The molecular weight excluding hydrogens is 254 g/mol. The number of carbonyl (C=O) groups excluding carboxylic acids is 2. The Morgan fingerprint density at radius 1 is 1.15 bits per heavy atom. The van der Waals surface area contributed by atoms with Crippen LogP contribution < -0.4 is 11.1 Å². The van der Waals surface area contributed by atoms with Crippen LogP contribution in [0.15, 0.2) is 0 Å². The molecule has 1 aliphatic heterocycles. The SMILES string of the molecule is CC(C(N)=O)N1CCCC(C(=O)NC2CCCCC2)C1. The number of likely N-dealkylation sites (tertiary alicyclic amines) is 1. The largest absolute Gasteiger partial charge is 0.368 e. The number of nitrogens with two attached hydrogens (primary N) is 1. The third-order valence-electron chi connectivity index (χ3n) is 4.73. The Bertz CT molecular complexity index is 353. The summed E-state index contributed by atoms with van der Waals surface area (Å²) in [5.41, 5.74) is 5.36. The molecule has 0 aromatic carbocycles. The average Bonchev–Trinajstić information content (AvgIpc) is 2.47. The first-order chi connectivity index (χ1) is 9.58. The lowest BCUT2D eigenvalue weighted by Crippen LogP contribution is -2.51. The van der Waals surface area contributed by atoms with Crippen LogP contribution in [0.4, 0.5) is 0 Å². The minimum Gasteiger partial charge on any atom is -0.368 e. The maximum atomic E-state index is 12.4. The van der Waals surface area contributed by atoms with Crippen LogP contribution in [-0.4, -0.2) is 41.9 Å². The van der Waals surface area contributed by atoms with E-state index in [0.717, 1.165) is 32.2 Å². The lowest BCUT2D eigenvalue weighted by atomic mass is 9.92. The molecule has 2 rings (SSSR count). The summed E-state index contributed by atoms with van der Waals surface area (Å²) >= 11 is 0. The zero-order chi connectivity index (χ0) is 14.5. The fourth-order valence-electron chi connectivity index (χ4n) is 3.32. The Hall–Kier alpha value is -1.10. The van der Waals surface area contributed by atoms with Crippen LogP contribution in [-0.2, 0) is 9.59 Å². The van der Waals surface area contributed by atoms with Gasteiger partial charge in [-0.3, -0.25) is 14.5 Å². The smallest absolute Gasteiger partial charge is 0.234 e. The quantitative estimate of drug-likeness (QED) is 0.808. The Kier molecular flexibility index (Phi) is 5.40. The molecule has 114 valence electrons. The fourth-order valence-corrected chi connectivity index (χ4v) is 3.32. The summed E-state index contributed by atoms with van der Waals surface area (Å²) in [5.74, 6) is -0.135. The molecule has 2 fully saturated rings. The molecule has 1 heterocycles. The van der Waals surface area contributed by atoms with Crippen molar-refractivity contribution >= 4 is 11.8 Å². The van der Waals surface area contributed by atoms with Crippen LogP contribution in [0.3, 0.4) is 0 Å². The summed E-state index contributed by atoms with van der Waals surface area (Å²) in [4.78, 5) is 25.7. The molecular formula is C15H27N3O2. The van der Waals surface area contributed by atoms with Gasteiger partial charge in [0, 0.05) is 12.6 Å². The van der Waals surface area contributed by atoms with Gasteiger partial charge in [-0.2, -0.15) is 0 Å². The van der Waals surface area contributed by atoms with Gasteiger partial charge in [0.1, 0.15) is 0 Å². The van der Waals surface area contributed by atoms with E-state index in [-0.39, 0.29) is 23.8 Å². The molecule has 2 unspecified atom stereocenters. The molecule has 2 amide bonds. The topological polar surface area (TPSA) is 75.4 Å². The summed E-state index contributed by atoms with van der Waals surface area (Å²) in [6, 6.07) is 0.0838. The second-order valence-corrected chi connectivity index (χ2v) is 6.26. The molecule has 5 nitrogen and oxygen atoms in total. The number of hydrogen-bond acceptors (Lipinski definition) is 3. The van der Waals surface area contributed by atoms with Crippen molar-refractivity contribution < 1.29 is 9.59 Å². The second kappa shape index (κ2) is 7.07. The highest BCUT2D eigenvalue weighted by molar-refractivity contribution is 5.81. The zero-order valence-electron chi connectivity index (χ0n) is 12.4. The Morgan fingerprint density at radius 2 is 1.85 bits per heavy atom. The van der Waals surface area contributed by atoms with Gasteiger partial charge in [-0.25, -0.2) is 0 Å². The first kappa shape index (κ1) is 15.3. The van der Waals surface area contributed by atoms with Gasteiger partial charge in [-0.05, 0) is 39.2 Å². The summed E-state index contributed by atoms with van der Waals surface area (Å²) in [7, 11) is 0. The highest BCUT2D eigenvalue weighted by atomic mass is 16.2.